The molecule has 2 saturated carbocycles. The second-order valence-corrected chi connectivity index (χ2v) is 12.6. The Labute approximate surface area is 302 Å². The molecule has 224 valence electrons. The number of hydrogen-bond donors (Lipinski definition) is 2. The van der Waals surface area contributed by atoms with Crippen molar-refractivity contribution in [3.8, 4) is 33.5 Å². The van der Waals surface area contributed by atoms with Gasteiger partial charge in [0.1, 0.15) is 0 Å². The Kier molecular flexibility index (Phi) is 8.68. The second kappa shape index (κ2) is 12.0. The van der Waals surface area contributed by atoms with E-state index in [9.17, 15) is 0 Å². The van der Waals surface area contributed by atoms with Crippen LogP contribution in [0.25, 0.3) is 44.5 Å². The first kappa shape index (κ1) is 31.9. The number of aromatic amines is 2. The molecular formula is C36H32F2N4Np2-4. The Morgan fingerprint density at radius 3 is 2.36 bits per heavy atom. The van der Waals surface area contributed by atoms with E-state index in [1.807, 2.05) is 42.5 Å². The number of benzene rings is 3. The maximum atomic E-state index is 16.0. The largest absolute Gasteiger partial charge is 0.368 e. The van der Waals surface area contributed by atoms with Gasteiger partial charge in [-0.25, -0.2) is 6.42 Å². The van der Waals surface area contributed by atoms with E-state index in [0.717, 1.165) is 83.9 Å². The van der Waals surface area contributed by atoms with Gasteiger partial charge in [0.25, 0.3) is 5.92 Å². The topological polar surface area (TPSA) is 57.4 Å². The second-order valence-electron chi connectivity index (χ2n) is 12.6. The molecule has 0 aliphatic heterocycles. The molecule has 3 aliphatic carbocycles. The van der Waals surface area contributed by atoms with Crippen molar-refractivity contribution in [3.63, 3.8) is 0 Å². The minimum atomic E-state index is -3.10. The SMILES string of the molecule is [CH2-]C1(C[C-](C)c2ncc(-c3ccc4c(c3)C(F)(F)c3cc(-c5ccc6nc([CH-][C@@H]7C[CH-]CC7)[nH]c6c5)ccc3-4)[nH]2)CC1.[Np].[Np]. The number of hydrogen-bond acceptors (Lipinski definition) is 2. The van der Waals surface area contributed by atoms with Gasteiger partial charge in [-0.2, -0.15) is 39.9 Å². The van der Waals surface area contributed by atoms with Gasteiger partial charge in [-0.05, 0) is 58.2 Å². The van der Waals surface area contributed by atoms with Gasteiger partial charge in [-0.1, -0.05) is 43.2 Å². The van der Waals surface area contributed by atoms with Gasteiger partial charge in [-0.3, -0.25) is 9.97 Å². The minimum absolute atomic E-state index is 0. The summed E-state index contributed by atoms with van der Waals surface area (Å²) in [6.45, 7) is 6.36. The molecule has 44 heavy (non-hydrogen) atoms. The van der Waals surface area contributed by atoms with Crippen LogP contribution in [-0.4, -0.2) is 19.9 Å². The summed E-state index contributed by atoms with van der Waals surface area (Å²) < 4.78 is 32.1. The predicted octanol–water partition coefficient (Wildman–Crippen LogP) is 9.24. The average molecular weight is 1030 g/mol. The maximum absolute atomic E-state index is 16.0. The summed E-state index contributed by atoms with van der Waals surface area (Å²) in [6, 6.07) is 16.7. The first-order chi connectivity index (χ1) is 20.3. The molecule has 8 rings (SSSR count). The van der Waals surface area contributed by atoms with Crippen LogP contribution in [0.3, 0.4) is 0 Å². The van der Waals surface area contributed by atoms with Crippen molar-refractivity contribution in [1.29, 1.82) is 0 Å². The average Bonchev–Trinajstić information content (AvgIpc) is 3.48. The molecule has 0 amide bonds. The zero-order valence-corrected chi connectivity index (χ0v) is 31.9. The summed E-state index contributed by atoms with van der Waals surface area (Å²) in [7, 11) is 0. The Hall–Kier alpha value is -2.03. The smallest absolute Gasteiger partial charge is 0.299 e. The fraction of sp³-hybridized carbons (Fsp3) is 0.278. The molecule has 3 aliphatic rings. The molecule has 2 fully saturated rings. The summed E-state index contributed by atoms with van der Waals surface area (Å²) in [5.74, 6) is 0.247. The van der Waals surface area contributed by atoms with E-state index < -0.39 is 5.92 Å². The maximum Gasteiger partial charge on any atom is 0.299 e. The van der Waals surface area contributed by atoms with Gasteiger partial charge in [0, 0.05) is 82.8 Å². The standard InChI is InChI=1S/C36H32F2N4.2Np/c1-21(19-35(2)13-14-35)34-39-20-32(42-34)25-8-11-27-26-10-7-23(16-28(26)36(37,38)29(27)17-25)24-9-12-30-31(18-24)41-33(40-30)15-22-5-3-4-6-22;;/h3,7-12,15-18,20,22H,2,4-6,13-14,19H2,1H3,(H,39,42)(H,40,41);;/q-4;;/t22-;;/m1../s1. The molecule has 0 bridgehead atoms. The quantitative estimate of drug-likeness (QED) is 0.160. The van der Waals surface area contributed by atoms with Gasteiger partial charge >= 0.3 is 0 Å². The molecule has 8 heteroatoms. The van der Waals surface area contributed by atoms with Gasteiger partial charge in [0.15, 0.2) is 0 Å². The molecule has 2 aromatic heterocycles. The van der Waals surface area contributed by atoms with Gasteiger partial charge in [-0.15, -0.1) is 6.42 Å². The van der Waals surface area contributed by atoms with Crippen LogP contribution in [0.2, 0.25) is 0 Å². The van der Waals surface area contributed by atoms with E-state index in [1.54, 1.807) is 18.3 Å². The summed E-state index contributed by atoms with van der Waals surface area (Å²) in [4.78, 5) is 16.0. The zero-order chi connectivity index (χ0) is 28.6. The number of alkyl halides is 2. The zero-order valence-electron chi connectivity index (χ0n) is 24.5. The Bertz CT molecular complexity index is 1830. The monoisotopic (exact) mass is 1030 g/mol. The molecule has 0 saturated heterocycles. The molecule has 1 atom stereocenters. The number of halogens is 2. The van der Waals surface area contributed by atoms with Crippen LogP contribution in [0, 0.1) is 96.9 Å². The van der Waals surface area contributed by atoms with E-state index in [1.165, 1.54) is 0 Å². The van der Waals surface area contributed by atoms with Crippen LogP contribution in [0.4, 0.5) is 8.78 Å². The van der Waals surface area contributed by atoms with Gasteiger partial charge in [0.2, 0.25) is 0 Å². The number of rotatable bonds is 7. The van der Waals surface area contributed by atoms with Crippen molar-refractivity contribution in [1.82, 2.24) is 19.9 Å². The van der Waals surface area contributed by atoms with Crippen LogP contribution in [-0.2, 0) is 5.92 Å². The van der Waals surface area contributed by atoms with Crippen molar-refractivity contribution in [2.75, 3.05) is 0 Å². The van der Waals surface area contributed by atoms with Crippen LogP contribution >= 0.6 is 0 Å². The predicted molar refractivity (Wildman–Crippen MR) is 162 cm³/mol. The number of H-pyrrole nitrogens is 2. The van der Waals surface area contributed by atoms with Crippen molar-refractivity contribution in [3.05, 3.63) is 109 Å². The summed E-state index contributed by atoms with van der Waals surface area (Å²) >= 11 is 0. The third-order valence-corrected chi connectivity index (χ3v) is 9.33. The van der Waals surface area contributed by atoms with E-state index in [0.29, 0.717) is 22.6 Å². The minimum Gasteiger partial charge on any atom is -0.368 e. The fourth-order valence-electron chi connectivity index (χ4n) is 6.70. The summed E-state index contributed by atoms with van der Waals surface area (Å²) in [6.07, 6.45) is 12.8. The Balaban J connectivity index is 0.00000171. The molecule has 2 N–H and O–H groups in total. The van der Waals surface area contributed by atoms with Crippen LogP contribution in [0.15, 0.2) is 60.8 Å². The number of nitrogens with zero attached hydrogens (tertiary/aromatic N) is 2. The van der Waals surface area contributed by atoms with E-state index in [4.69, 9.17) is 4.98 Å². The number of aromatic nitrogens is 4. The third kappa shape index (κ3) is 5.72. The molecule has 2 heterocycles. The molecule has 2 radical (unpaired) electrons. The summed E-state index contributed by atoms with van der Waals surface area (Å²) in [5, 5.41) is 0. The van der Waals surface area contributed by atoms with Gasteiger partial charge in [0.05, 0.1) is 16.7 Å². The Morgan fingerprint density at radius 1 is 0.977 bits per heavy atom. The van der Waals surface area contributed by atoms with Gasteiger partial charge < -0.3 is 35.7 Å². The van der Waals surface area contributed by atoms with Crippen molar-refractivity contribution in [2.24, 2.45) is 11.3 Å². The van der Waals surface area contributed by atoms with Crippen LogP contribution in [0.1, 0.15) is 68.2 Å². The number of imidazole rings is 2. The van der Waals surface area contributed by atoms with Crippen molar-refractivity contribution >= 4 is 11.0 Å². The molecule has 5 aromatic rings. The van der Waals surface area contributed by atoms with Crippen LogP contribution < -0.4 is 0 Å². The molecule has 0 unspecified atom stereocenters. The third-order valence-electron chi connectivity index (χ3n) is 9.33. The first-order valence-corrected chi connectivity index (χ1v) is 14.8. The molecule has 3 aromatic carbocycles. The molecule has 0 spiro atoms. The molecule has 4 nitrogen and oxygen atoms in total. The fourth-order valence-corrected chi connectivity index (χ4v) is 6.70. The number of fused-ring (bicyclic) bond motifs is 4. The van der Waals surface area contributed by atoms with E-state index in [2.05, 4.69) is 41.6 Å². The normalized spacial score (nSPS) is 18.7. The molecular weight excluding hydrogens is 1000 g/mol. The van der Waals surface area contributed by atoms with E-state index in [-0.39, 0.29) is 76.4 Å². The van der Waals surface area contributed by atoms with Crippen LogP contribution in [0.5, 0.6) is 0 Å². The van der Waals surface area contributed by atoms with E-state index >= 15 is 8.78 Å². The number of nitrogens with one attached hydrogen (secondary N) is 2. The first-order valence-electron chi connectivity index (χ1n) is 14.8. The Morgan fingerprint density at radius 2 is 1.66 bits per heavy atom. The summed E-state index contributed by atoms with van der Waals surface area (Å²) in [5.41, 5.74) is 6.26. The van der Waals surface area contributed by atoms with Crippen molar-refractivity contribution in [2.45, 2.75) is 51.4 Å². The van der Waals surface area contributed by atoms with Crippen molar-refractivity contribution < 1.29 is 68.7 Å².